The Balaban J connectivity index is 2.02. The molecule has 2 nitrogen and oxygen atoms in total. The molecule has 14 heavy (non-hydrogen) atoms. The van der Waals surface area contributed by atoms with Crippen molar-refractivity contribution in [1.82, 2.24) is 5.32 Å². The van der Waals surface area contributed by atoms with Crippen LogP contribution in [0.3, 0.4) is 0 Å². The molecule has 0 amide bonds. The van der Waals surface area contributed by atoms with Crippen LogP contribution in [0.1, 0.15) is 52.4 Å². The summed E-state index contributed by atoms with van der Waals surface area (Å²) < 4.78 is 5.84. The van der Waals surface area contributed by atoms with Crippen molar-refractivity contribution in [3.63, 3.8) is 0 Å². The largest absolute Gasteiger partial charge is 0.377 e. The van der Waals surface area contributed by atoms with Crippen molar-refractivity contribution in [3.8, 4) is 0 Å². The van der Waals surface area contributed by atoms with Gasteiger partial charge in [0.15, 0.2) is 0 Å². The fourth-order valence-corrected chi connectivity index (χ4v) is 1.55. The lowest BCUT2D eigenvalue weighted by molar-refractivity contribution is 0.0450. The molecular formula is C12H25NO. The van der Waals surface area contributed by atoms with E-state index in [-0.39, 0.29) is 0 Å². The topological polar surface area (TPSA) is 21.3 Å². The lowest BCUT2D eigenvalue weighted by atomic mass is 10.2. The highest BCUT2D eigenvalue weighted by Gasteiger charge is 2.21. The van der Waals surface area contributed by atoms with E-state index in [0.717, 1.165) is 19.2 Å². The van der Waals surface area contributed by atoms with Gasteiger partial charge in [0.05, 0.1) is 6.10 Å². The van der Waals surface area contributed by atoms with E-state index in [1.54, 1.807) is 0 Å². The molecule has 0 aromatic carbocycles. The summed E-state index contributed by atoms with van der Waals surface area (Å²) >= 11 is 0. The maximum Gasteiger partial charge on any atom is 0.0699 e. The third kappa shape index (κ3) is 5.61. The van der Waals surface area contributed by atoms with Crippen LogP contribution in [-0.4, -0.2) is 25.3 Å². The standard InChI is InChI=1S/C12H25NO/c1-3-5-9-14-12(6-4-2)10-13-11-7-8-11/h11-13H,3-10H2,1-2H3. The molecule has 84 valence electrons. The van der Waals surface area contributed by atoms with Crippen molar-refractivity contribution in [2.75, 3.05) is 13.2 Å². The Morgan fingerprint density at radius 2 is 2.07 bits per heavy atom. The highest BCUT2D eigenvalue weighted by atomic mass is 16.5. The van der Waals surface area contributed by atoms with Crippen LogP contribution in [0.2, 0.25) is 0 Å². The van der Waals surface area contributed by atoms with Gasteiger partial charge in [-0.2, -0.15) is 0 Å². The Kier molecular flexibility index (Phi) is 6.20. The van der Waals surface area contributed by atoms with Gasteiger partial charge in [-0.3, -0.25) is 0 Å². The number of hydrogen-bond acceptors (Lipinski definition) is 2. The maximum absolute atomic E-state index is 5.84. The highest BCUT2D eigenvalue weighted by molar-refractivity contribution is 4.81. The van der Waals surface area contributed by atoms with Crippen LogP contribution in [0, 0.1) is 0 Å². The lowest BCUT2D eigenvalue weighted by Crippen LogP contribution is -2.30. The third-order valence-electron chi connectivity index (χ3n) is 2.67. The Morgan fingerprint density at radius 1 is 1.29 bits per heavy atom. The Hall–Kier alpha value is -0.0800. The Labute approximate surface area is 88.4 Å². The first kappa shape index (κ1) is 12.0. The van der Waals surface area contributed by atoms with Gasteiger partial charge in [-0.1, -0.05) is 26.7 Å². The highest BCUT2D eigenvalue weighted by Crippen LogP contribution is 2.18. The molecule has 2 heteroatoms. The van der Waals surface area contributed by atoms with E-state index in [1.807, 2.05) is 0 Å². The minimum atomic E-state index is 0.451. The summed E-state index contributed by atoms with van der Waals surface area (Å²) in [5.41, 5.74) is 0. The van der Waals surface area contributed by atoms with E-state index in [0.29, 0.717) is 6.10 Å². The van der Waals surface area contributed by atoms with Crippen molar-refractivity contribution >= 4 is 0 Å². The monoisotopic (exact) mass is 199 g/mol. The fraction of sp³-hybridized carbons (Fsp3) is 1.00. The normalized spacial score (nSPS) is 18.4. The molecule has 1 N–H and O–H groups in total. The molecule has 1 unspecified atom stereocenters. The summed E-state index contributed by atoms with van der Waals surface area (Å²) in [4.78, 5) is 0. The first-order valence-electron chi connectivity index (χ1n) is 6.21. The van der Waals surface area contributed by atoms with Gasteiger partial charge in [0.25, 0.3) is 0 Å². The minimum Gasteiger partial charge on any atom is -0.377 e. The van der Waals surface area contributed by atoms with Crippen LogP contribution in [0.4, 0.5) is 0 Å². The number of ether oxygens (including phenoxy) is 1. The summed E-state index contributed by atoms with van der Waals surface area (Å²) in [6.07, 6.45) is 8.04. The predicted molar refractivity (Wildman–Crippen MR) is 60.6 cm³/mol. The van der Waals surface area contributed by atoms with Crippen molar-refractivity contribution in [2.45, 2.75) is 64.5 Å². The number of unbranched alkanes of at least 4 members (excludes halogenated alkanes) is 1. The third-order valence-corrected chi connectivity index (χ3v) is 2.67. The van der Waals surface area contributed by atoms with Gasteiger partial charge in [0.1, 0.15) is 0 Å². The van der Waals surface area contributed by atoms with Gasteiger partial charge in [-0.25, -0.2) is 0 Å². The van der Waals surface area contributed by atoms with E-state index in [9.17, 15) is 0 Å². The zero-order valence-corrected chi connectivity index (χ0v) is 9.72. The van der Waals surface area contributed by atoms with Crippen molar-refractivity contribution < 1.29 is 4.74 Å². The lowest BCUT2D eigenvalue weighted by Gasteiger charge is -2.17. The molecule has 1 aliphatic rings. The van der Waals surface area contributed by atoms with Gasteiger partial charge in [0.2, 0.25) is 0 Å². The van der Waals surface area contributed by atoms with Crippen LogP contribution in [0.25, 0.3) is 0 Å². The number of hydrogen-bond donors (Lipinski definition) is 1. The SMILES string of the molecule is CCCCOC(CCC)CNC1CC1. The summed E-state index contributed by atoms with van der Waals surface area (Å²) in [7, 11) is 0. The van der Waals surface area contributed by atoms with Crippen molar-refractivity contribution in [3.05, 3.63) is 0 Å². The summed E-state index contributed by atoms with van der Waals surface area (Å²) in [6.45, 7) is 6.43. The number of nitrogens with one attached hydrogen (secondary N) is 1. The van der Waals surface area contributed by atoms with Gasteiger partial charge < -0.3 is 10.1 Å². The molecule has 0 spiro atoms. The molecule has 0 bridgehead atoms. The summed E-state index contributed by atoms with van der Waals surface area (Å²) in [6, 6.07) is 0.809. The van der Waals surface area contributed by atoms with Gasteiger partial charge in [-0.05, 0) is 25.7 Å². The van der Waals surface area contributed by atoms with Crippen LogP contribution in [-0.2, 0) is 4.74 Å². The summed E-state index contributed by atoms with van der Waals surface area (Å²) in [5, 5.41) is 3.54. The van der Waals surface area contributed by atoms with E-state index in [1.165, 1.54) is 38.5 Å². The molecule has 0 aromatic rings. The average molecular weight is 199 g/mol. The van der Waals surface area contributed by atoms with Crippen LogP contribution < -0.4 is 5.32 Å². The number of rotatable bonds is 9. The molecule has 1 atom stereocenters. The van der Waals surface area contributed by atoms with Crippen LogP contribution in [0.15, 0.2) is 0 Å². The Bertz CT molecular complexity index is 134. The molecule has 1 rings (SSSR count). The molecule has 0 aliphatic heterocycles. The van der Waals surface area contributed by atoms with Gasteiger partial charge >= 0.3 is 0 Å². The van der Waals surface area contributed by atoms with Crippen LogP contribution in [0.5, 0.6) is 0 Å². The van der Waals surface area contributed by atoms with Crippen molar-refractivity contribution in [1.29, 1.82) is 0 Å². The molecule has 0 saturated heterocycles. The molecule has 0 radical (unpaired) electrons. The zero-order chi connectivity index (χ0) is 10.2. The first-order valence-corrected chi connectivity index (χ1v) is 6.21. The molecule has 0 aromatic heterocycles. The molecular weight excluding hydrogens is 174 g/mol. The van der Waals surface area contributed by atoms with Crippen molar-refractivity contribution in [2.24, 2.45) is 0 Å². The van der Waals surface area contributed by atoms with Gasteiger partial charge in [0, 0.05) is 19.2 Å². The van der Waals surface area contributed by atoms with Gasteiger partial charge in [-0.15, -0.1) is 0 Å². The zero-order valence-electron chi connectivity index (χ0n) is 9.72. The maximum atomic E-state index is 5.84. The second-order valence-corrected chi connectivity index (χ2v) is 4.32. The quantitative estimate of drug-likeness (QED) is 0.576. The second-order valence-electron chi connectivity index (χ2n) is 4.32. The average Bonchev–Trinajstić information content (AvgIpc) is 2.98. The second kappa shape index (κ2) is 7.24. The molecule has 1 aliphatic carbocycles. The van der Waals surface area contributed by atoms with Crippen LogP contribution >= 0.6 is 0 Å². The first-order chi connectivity index (χ1) is 6.86. The smallest absolute Gasteiger partial charge is 0.0699 e. The summed E-state index contributed by atoms with van der Waals surface area (Å²) in [5.74, 6) is 0. The van der Waals surface area contributed by atoms with E-state index in [2.05, 4.69) is 19.2 Å². The predicted octanol–water partition coefficient (Wildman–Crippen LogP) is 2.72. The van der Waals surface area contributed by atoms with E-state index < -0.39 is 0 Å². The van der Waals surface area contributed by atoms with E-state index >= 15 is 0 Å². The minimum absolute atomic E-state index is 0.451. The Morgan fingerprint density at radius 3 is 2.64 bits per heavy atom. The molecule has 1 fully saturated rings. The van der Waals surface area contributed by atoms with E-state index in [4.69, 9.17) is 4.74 Å². The fourth-order valence-electron chi connectivity index (χ4n) is 1.55. The molecule has 0 heterocycles. The molecule has 1 saturated carbocycles.